The Balaban J connectivity index is 0.000000470. The molecule has 1 aliphatic carbocycles. The van der Waals surface area contributed by atoms with Gasteiger partial charge < -0.3 is 5.73 Å². The second-order valence-electron chi connectivity index (χ2n) is 6.64. The number of nitrogens with two attached hydrogens (primary N) is 1. The van der Waals surface area contributed by atoms with Gasteiger partial charge in [0.1, 0.15) is 0 Å². The van der Waals surface area contributed by atoms with Crippen molar-refractivity contribution in [3.63, 3.8) is 0 Å². The SMILES string of the molecule is CC.CCCCCC.Cc1nc(N)nc2c1CC(C)(C)CC2. The minimum absolute atomic E-state index is 0.386. The van der Waals surface area contributed by atoms with Gasteiger partial charge in [0.25, 0.3) is 0 Å². The number of unbranched alkanes of at least 4 members (excludes halogenated alkanes) is 3. The molecule has 0 aromatic carbocycles. The summed E-state index contributed by atoms with van der Waals surface area (Å²) in [6.45, 7) is 15.1. The number of hydrogen-bond acceptors (Lipinski definition) is 3. The molecule has 128 valence electrons. The lowest BCUT2D eigenvalue weighted by Gasteiger charge is -2.31. The van der Waals surface area contributed by atoms with Gasteiger partial charge in [0.15, 0.2) is 0 Å². The summed E-state index contributed by atoms with van der Waals surface area (Å²) in [4.78, 5) is 8.53. The smallest absolute Gasteiger partial charge is 0.220 e. The molecule has 0 radical (unpaired) electrons. The number of aromatic nitrogens is 2. The zero-order valence-corrected chi connectivity index (χ0v) is 15.9. The number of anilines is 1. The second kappa shape index (κ2) is 10.6. The van der Waals surface area contributed by atoms with Gasteiger partial charge in [-0.15, -0.1) is 0 Å². The van der Waals surface area contributed by atoms with Gasteiger partial charge in [0.05, 0.1) is 0 Å². The van der Waals surface area contributed by atoms with Crippen molar-refractivity contribution in [1.29, 1.82) is 0 Å². The van der Waals surface area contributed by atoms with Crippen LogP contribution in [0.1, 0.15) is 90.6 Å². The van der Waals surface area contributed by atoms with Crippen LogP contribution in [0.3, 0.4) is 0 Å². The molecule has 0 atom stereocenters. The summed E-state index contributed by atoms with van der Waals surface area (Å²) in [5.41, 5.74) is 9.55. The van der Waals surface area contributed by atoms with E-state index in [9.17, 15) is 0 Å². The molecule has 3 nitrogen and oxygen atoms in total. The zero-order valence-electron chi connectivity index (χ0n) is 15.9. The van der Waals surface area contributed by atoms with E-state index in [1.165, 1.54) is 37.7 Å². The molecule has 1 aliphatic rings. The van der Waals surface area contributed by atoms with Crippen molar-refractivity contribution in [2.24, 2.45) is 5.41 Å². The van der Waals surface area contributed by atoms with Crippen LogP contribution < -0.4 is 5.73 Å². The maximum atomic E-state index is 5.63. The number of aryl methyl sites for hydroxylation is 2. The fourth-order valence-corrected chi connectivity index (χ4v) is 2.64. The van der Waals surface area contributed by atoms with Crippen LogP contribution in [-0.2, 0) is 12.8 Å². The summed E-state index contributed by atoms with van der Waals surface area (Å²) in [7, 11) is 0. The van der Waals surface area contributed by atoms with Crippen molar-refractivity contribution in [1.82, 2.24) is 9.97 Å². The van der Waals surface area contributed by atoms with Crippen LogP contribution in [0, 0.1) is 12.3 Å². The summed E-state index contributed by atoms with van der Waals surface area (Å²) in [5.74, 6) is 0.418. The molecular weight excluding hydrogens is 270 g/mol. The predicted octanol–water partition coefficient (Wildman–Crippen LogP) is 5.49. The molecule has 0 aliphatic heterocycles. The summed E-state index contributed by atoms with van der Waals surface area (Å²) in [6, 6.07) is 0. The lowest BCUT2D eigenvalue weighted by molar-refractivity contribution is 0.310. The highest BCUT2D eigenvalue weighted by atomic mass is 15.0. The summed E-state index contributed by atoms with van der Waals surface area (Å²) >= 11 is 0. The first-order chi connectivity index (χ1) is 10.4. The molecule has 0 saturated carbocycles. The molecule has 0 saturated heterocycles. The molecule has 1 aromatic rings. The fraction of sp³-hybridized carbons (Fsp3) is 0.789. The van der Waals surface area contributed by atoms with Gasteiger partial charge in [-0.25, -0.2) is 9.97 Å². The number of nitrogen functional groups attached to an aromatic ring is 1. The lowest BCUT2D eigenvalue weighted by Crippen LogP contribution is -2.24. The average molecular weight is 308 g/mol. The second-order valence-corrected chi connectivity index (χ2v) is 6.64. The fourth-order valence-electron chi connectivity index (χ4n) is 2.64. The van der Waals surface area contributed by atoms with Crippen molar-refractivity contribution in [2.75, 3.05) is 5.73 Å². The van der Waals surface area contributed by atoms with Gasteiger partial charge >= 0.3 is 0 Å². The molecule has 2 rings (SSSR count). The molecule has 0 amide bonds. The van der Waals surface area contributed by atoms with E-state index in [0.717, 1.165) is 24.2 Å². The third-order valence-electron chi connectivity index (χ3n) is 3.97. The molecule has 0 unspecified atom stereocenters. The number of nitrogens with zero attached hydrogens (tertiary/aromatic N) is 2. The quantitative estimate of drug-likeness (QED) is 0.751. The topological polar surface area (TPSA) is 51.8 Å². The van der Waals surface area contributed by atoms with Gasteiger partial charge in [0.2, 0.25) is 5.95 Å². The van der Waals surface area contributed by atoms with E-state index in [4.69, 9.17) is 5.73 Å². The number of rotatable bonds is 3. The molecule has 0 spiro atoms. The number of hydrogen-bond donors (Lipinski definition) is 1. The van der Waals surface area contributed by atoms with Gasteiger partial charge in [-0.3, -0.25) is 0 Å². The first kappa shape index (κ1) is 20.9. The molecule has 22 heavy (non-hydrogen) atoms. The van der Waals surface area contributed by atoms with Crippen molar-refractivity contribution in [3.05, 3.63) is 17.0 Å². The van der Waals surface area contributed by atoms with Gasteiger partial charge in [-0.05, 0) is 37.2 Å². The highest BCUT2D eigenvalue weighted by Crippen LogP contribution is 2.34. The maximum absolute atomic E-state index is 5.63. The molecule has 0 fully saturated rings. The van der Waals surface area contributed by atoms with Crippen LogP contribution in [-0.4, -0.2) is 9.97 Å². The Morgan fingerprint density at radius 3 is 2.09 bits per heavy atom. The normalized spacial score (nSPS) is 14.9. The first-order valence-corrected chi connectivity index (χ1v) is 9.01. The van der Waals surface area contributed by atoms with Gasteiger partial charge in [-0.1, -0.05) is 67.2 Å². The van der Waals surface area contributed by atoms with Crippen LogP contribution in [0.15, 0.2) is 0 Å². The predicted molar refractivity (Wildman–Crippen MR) is 98.2 cm³/mol. The van der Waals surface area contributed by atoms with Crippen molar-refractivity contribution in [3.8, 4) is 0 Å². The summed E-state index contributed by atoms with van der Waals surface area (Å²) in [6.07, 6.45) is 8.84. The minimum atomic E-state index is 0.386. The third kappa shape index (κ3) is 7.24. The zero-order chi connectivity index (χ0) is 17.2. The van der Waals surface area contributed by atoms with Gasteiger partial charge in [0, 0.05) is 11.4 Å². The van der Waals surface area contributed by atoms with Gasteiger partial charge in [-0.2, -0.15) is 0 Å². The van der Waals surface area contributed by atoms with Crippen LogP contribution in [0.5, 0.6) is 0 Å². The Morgan fingerprint density at radius 2 is 1.59 bits per heavy atom. The van der Waals surface area contributed by atoms with Crippen LogP contribution in [0.4, 0.5) is 5.95 Å². The Hall–Kier alpha value is -1.12. The van der Waals surface area contributed by atoms with Crippen LogP contribution in [0.2, 0.25) is 0 Å². The van der Waals surface area contributed by atoms with Crippen molar-refractivity contribution in [2.45, 2.75) is 93.4 Å². The lowest BCUT2D eigenvalue weighted by atomic mass is 9.75. The van der Waals surface area contributed by atoms with Crippen molar-refractivity contribution < 1.29 is 0 Å². The first-order valence-electron chi connectivity index (χ1n) is 9.01. The molecule has 3 heteroatoms. The highest BCUT2D eigenvalue weighted by Gasteiger charge is 2.27. The average Bonchev–Trinajstić information content (AvgIpc) is 2.48. The molecule has 1 heterocycles. The van der Waals surface area contributed by atoms with E-state index in [1.54, 1.807) is 0 Å². The summed E-state index contributed by atoms with van der Waals surface area (Å²) < 4.78 is 0. The van der Waals surface area contributed by atoms with E-state index in [0.29, 0.717) is 11.4 Å². The monoisotopic (exact) mass is 307 g/mol. The standard InChI is InChI=1S/C11H17N3.C6H14.C2H6/c1-7-8-6-11(2,3)5-4-9(8)14-10(12)13-7;1-3-5-6-4-2;1-2/h4-6H2,1-3H3,(H2,12,13,14);3-6H2,1-2H3;1-2H3. The Morgan fingerprint density at radius 1 is 1.05 bits per heavy atom. The molecule has 2 N–H and O–H groups in total. The Labute approximate surface area is 138 Å². The van der Waals surface area contributed by atoms with E-state index >= 15 is 0 Å². The number of fused-ring (bicyclic) bond motifs is 1. The van der Waals surface area contributed by atoms with E-state index in [1.807, 2.05) is 20.8 Å². The minimum Gasteiger partial charge on any atom is -0.368 e. The molecule has 1 aromatic heterocycles. The Kier molecular flexibility index (Phi) is 10.0. The van der Waals surface area contributed by atoms with E-state index < -0.39 is 0 Å². The molecule has 0 bridgehead atoms. The summed E-state index contributed by atoms with van der Waals surface area (Å²) in [5, 5.41) is 0. The highest BCUT2D eigenvalue weighted by molar-refractivity contribution is 5.33. The largest absolute Gasteiger partial charge is 0.368 e. The van der Waals surface area contributed by atoms with Crippen LogP contribution in [0.25, 0.3) is 0 Å². The van der Waals surface area contributed by atoms with E-state index in [-0.39, 0.29) is 0 Å². The Bertz CT molecular complexity index is 421. The van der Waals surface area contributed by atoms with Crippen molar-refractivity contribution >= 4 is 5.95 Å². The maximum Gasteiger partial charge on any atom is 0.220 e. The molecular formula is C19H37N3. The van der Waals surface area contributed by atoms with Crippen LogP contribution >= 0.6 is 0 Å². The third-order valence-corrected chi connectivity index (χ3v) is 3.97. The van der Waals surface area contributed by atoms with E-state index in [2.05, 4.69) is 37.7 Å².